The zero-order valence-corrected chi connectivity index (χ0v) is 17.3. The van der Waals surface area contributed by atoms with E-state index in [4.69, 9.17) is 9.72 Å². The van der Waals surface area contributed by atoms with Crippen LogP contribution in [0, 0.1) is 6.92 Å². The second-order valence-corrected chi connectivity index (χ2v) is 7.43. The number of anilines is 2. The van der Waals surface area contributed by atoms with E-state index in [-0.39, 0.29) is 0 Å². The molecule has 156 valence electrons. The van der Waals surface area contributed by atoms with Gasteiger partial charge in [-0.25, -0.2) is 9.50 Å². The van der Waals surface area contributed by atoms with E-state index in [1.807, 2.05) is 41.0 Å². The molecule has 0 radical (unpaired) electrons. The monoisotopic (exact) mass is 413 g/mol. The Morgan fingerprint density at radius 3 is 2.61 bits per heavy atom. The maximum Gasteiger partial charge on any atom is 0.177 e. The lowest BCUT2D eigenvalue weighted by atomic mass is 10.2. The third kappa shape index (κ3) is 4.24. The summed E-state index contributed by atoms with van der Waals surface area (Å²) < 4.78 is 7.34. The molecule has 0 spiro atoms. The SMILES string of the molecule is Cc1ccc(/C=N/Nc2cc(N3CCOCC3)c3nc(-c4ccncc4)cn3n2)cc1. The third-order valence-electron chi connectivity index (χ3n) is 5.20. The second kappa shape index (κ2) is 8.53. The molecule has 31 heavy (non-hydrogen) atoms. The minimum atomic E-state index is 0.649. The molecule has 0 unspecified atom stereocenters. The molecule has 0 amide bonds. The third-order valence-corrected chi connectivity index (χ3v) is 5.20. The number of fused-ring (bicyclic) bond motifs is 1. The molecule has 0 atom stereocenters. The Balaban J connectivity index is 1.49. The van der Waals surface area contributed by atoms with E-state index in [1.54, 1.807) is 18.6 Å². The van der Waals surface area contributed by atoms with E-state index in [2.05, 4.69) is 44.6 Å². The first kappa shape index (κ1) is 19.2. The van der Waals surface area contributed by atoms with Crippen molar-refractivity contribution >= 4 is 23.4 Å². The van der Waals surface area contributed by atoms with Gasteiger partial charge in [0.2, 0.25) is 0 Å². The van der Waals surface area contributed by atoms with Crippen molar-refractivity contribution in [2.45, 2.75) is 6.92 Å². The van der Waals surface area contributed by atoms with Gasteiger partial charge in [-0.1, -0.05) is 29.8 Å². The first-order valence-corrected chi connectivity index (χ1v) is 10.3. The minimum Gasteiger partial charge on any atom is -0.378 e. The summed E-state index contributed by atoms with van der Waals surface area (Å²) in [6.45, 7) is 5.07. The molecule has 1 aliphatic heterocycles. The van der Waals surface area contributed by atoms with E-state index in [0.717, 1.165) is 41.2 Å². The number of morpholine rings is 1. The van der Waals surface area contributed by atoms with Crippen molar-refractivity contribution in [2.75, 3.05) is 36.6 Å². The van der Waals surface area contributed by atoms with Crippen LogP contribution in [0.15, 0.2) is 66.2 Å². The van der Waals surface area contributed by atoms with Gasteiger partial charge in [-0.3, -0.25) is 10.4 Å². The predicted molar refractivity (Wildman–Crippen MR) is 122 cm³/mol. The summed E-state index contributed by atoms with van der Waals surface area (Å²) in [4.78, 5) is 11.2. The normalized spacial score (nSPS) is 14.4. The molecule has 0 bridgehead atoms. The standard InChI is InChI=1S/C23H23N7O/c1-17-2-4-18(5-3-17)15-25-27-22-14-21(29-10-12-31-13-11-29)23-26-20(16-30(23)28-22)19-6-8-24-9-7-19/h2-9,14-16H,10-13H2,1H3,(H,27,28)/b25-15+. The summed E-state index contributed by atoms with van der Waals surface area (Å²) in [6, 6.07) is 14.1. The molecule has 0 aliphatic carbocycles. The Morgan fingerprint density at radius 2 is 1.84 bits per heavy atom. The molecule has 8 nitrogen and oxygen atoms in total. The van der Waals surface area contributed by atoms with E-state index < -0.39 is 0 Å². The number of imidazole rings is 1. The summed E-state index contributed by atoms with van der Waals surface area (Å²) in [7, 11) is 0. The van der Waals surface area contributed by atoms with Crippen LogP contribution in [0.4, 0.5) is 11.5 Å². The van der Waals surface area contributed by atoms with E-state index >= 15 is 0 Å². The van der Waals surface area contributed by atoms with E-state index in [0.29, 0.717) is 19.0 Å². The van der Waals surface area contributed by atoms with Gasteiger partial charge < -0.3 is 9.64 Å². The molecule has 1 aromatic carbocycles. The van der Waals surface area contributed by atoms with Crippen molar-refractivity contribution in [1.82, 2.24) is 19.6 Å². The number of hydrogen-bond donors (Lipinski definition) is 1. The molecule has 4 aromatic rings. The highest BCUT2D eigenvalue weighted by molar-refractivity contribution is 5.80. The molecule has 1 saturated heterocycles. The molecule has 3 aromatic heterocycles. The average molecular weight is 413 g/mol. The van der Waals surface area contributed by atoms with Gasteiger partial charge in [-0.15, -0.1) is 5.10 Å². The zero-order chi connectivity index (χ0) is 21.0. The number of nitrogens with one attached hydrogen (secondary N) is 1. The Hall–Kier alpha value is -3.78. The first-order chi connectivity index (χ1) is 15.3. The Labute approximate surface area is 180 Å². The van der Waals surface area contributed by atoms with Gasteiger partial charge in [0, 0.05) is 37.1 Å². The summed E-state index contributed by atoms with van der Waals surface area (Å²) in [6.07, 6.45) is 7.25. The van der Waals surface area contributed by atoms with Crippen molar-refractivity contribution in [1.29, 1.82) is 0 Å². The van der Waals surface area contributed by atoms with Gasteiger partial charge in [-0.05, 0) is 24.6 Å². The molecule has 1 N–H and O–H groups in total. The van der Waals surface area contributed by atoms with Crippen molar-refractivity contribution in [3.8, 4) is 11.3 Å². The smallest absolute Gasteiger partial charge is 0.177 e. The van der Waals surface area contributed by atoms with Gasteiger partial charge in [0.25, 0.3) is 0 Å². The van der Waals surface area contributed by atoms with Crippen molar-refractivity contribution in [3.05, 3.63) is 72.2 Å². The summed E-state index contributed by atoms with van der Waals surface area (Å²) in [5.41, 5.74) is 8.98. The largest absolute Gasteiger partial charge is 0.378 e. The van der Waals surface area contributed by atoms with Gasteiger partial charge >= 0.3 is 0 Å². The number of rotatable bonds is 5. The second-order valence-electron chi connectivity index (χ2n) is 7.43. The van der Waals surface area contributed by atoms with Crippen LogP contribution in [0.1, 0.15) is 11.1 Å². The number of benzene rings is 1. The minimum absolute atomic E-state index is 0.649. The van der Waals surface area contributed by atoms with Gasteiger partial charge in [-0.2, -0.15) is 5.10 Å². The maximum atomic E-state index is 5.53. The van der Waals surface area contributed by atoms with Gasteiger partial charge in [0.05, 0.1) is 37.0 Å². The van der Waals surface area contributed by atoms with Gasteiger partial charge in [0.1, 0.15) is 0 Å². The number of ether oxygens (including phenoxy) is 1. The predicted octanol–water partition coefficient (Wildman–Crippen LogP) is 3.38. The van der Waals surface area contributed by atoms with Crippen molar-refractivity contribution < 1.29 is 4.74 Å². The summed E-state index contributed by atoms with van der Waals surface area (Å²) in [5, 5.41) is 9.05. The molecular weight excluding hydrogens is 390 g/mol. The van der Waals surface area contributed by atoms with Crippen LogP contribution < -0.4 is 10.3 Å². The number of nitrogens with zero attached hydrogens (tertiary/aromatic N) is 6. The highest BCUT2D eigenvalue weighted by atomic mass is 16.5. The molecule has 1 aliphatic rings. The van der Waals surface area contributed by atoms with Crippen LogP contribution in [0.2, 0.25) is 0 Å². The topological polar surface area (TPSA) is 79.9 Å². The Bertz CT molecular complexity index is 1200. The van der Waals surface area contributed by atoms with Crippen LogP contribution in [0.5, 0.6) is 0 Å². The number of pyridine rings is 1. The molecule has 8 heteroatoms. The quantitative estimate of drug-likeness (QED) is 0.399. The number of hydrogen-bond acceptors (Lipinski definition) is 7. The fraction of sp³-hybridized carbons (Fsp3) is 0.217. The zero-order valence-electron chi connectivity index (χ0n) is 17.3. The highest BCUT2D eigenvalue weighted by Crippen LogP contribution is 2.27. The molecule has 5 rings (SSSR count). The average Bonchev–Trinajstić information content (AvgIpc) is 3.25. The first-order valence-electron chi connectivity index (χ1n) is 10.3. The fourth-order valence-electron chi connectivity index (χ4n) is 3.54. The molecule has 1 fully saturated rings. The van der Waals surface area contributed by atoms with Crippen LogP contribution in [-0.2, 0) is 4.74 Å². The van der Waals surface area contributed by atoms with Crippen LogP contribution in [-0.4, -0.2) is 52.1 Å². The fourth-order valence-corrected chi connectivity index (χ4v) is 3.54. The lowest BCUT2D eigenvalue weighted by Gasteiger charge is -2.29. The number of hydrazone groups is 1. The number of aromatic nitrogens is 4. The van der Waals surface area contributed by atoms with Gasteiger partial charge in [0.15, 0.2) is 11.5 Å². The highest BCUT2D eigenvalue weighted by Gasteiger charge is 2.18. The van der Waals surface area contributed by atoms with Crippen molar-refractivity contribution in [3.63, 3.8) is 0 Å². The Kier molecular flexibility index (Phi) is 5.28. The maximum absolute atomic E-state index is 5.53. The number of aryl methyl sites for hydroxylation is 1. The van der Waals surface area contributed by atoms with E-state index in [1.165, 1.54) is 5.56 Å². The van der Waals surface area contributed by atoms with E-state index in [9.17, 15) is 0 Å². The van der Waals surface area contributed by atoms with Crippen LogP contribution >= 0.6 is 0 Å². The molecule has 4 heterocycles. The summed E-state index contributed by atoms with van der Waals surface area (Å²) >= 11 is 0. The summed E-state index contributed by atoms with van der Waals surface area (Å²) in [5.74, 6) is 0.649. The van der Waals surface area contributed by atoms with Crippen LogP contribution in [0.25, 0.3) is 16.9 Å². The lowest BCUT2D eigenvalue weighted by Crippen LogP contribution is -2.36. The molecular formula is C23H23N7O. The van der Waals surface area contributed by atoms with Crippen molar-refractivity contribution in [2.24, 2.45) is 5.10 Å². The molecule has 0 saturated carbocycles. The Morgan fingerprint density at radius 1 is 1.06 bits per heavy atom. The van der Waals surface area contributed by atoms with Crippen LogP contribution in [0.3, 0.4) is 0 Å². The lowest BCUT2D eigenvalue weighted by molar-refractivity contribution is 0.123.